The van der Waals surface area contributed by atoms with Crippen LogP contribution in [0.1, 0.15) is 37.4 Å². The van der Waals surface area contributed by atoms with Crippen LogP contribution < -0.4 is 10.5 Å². The van der Waals surface area contributed by atoms with Gasteiger partial charge < -0.3 is 19.4 Å². The number of aromatic amines is 1. The van der Waals surface area contributed by atoms with Gasteiger partial charge in [0.05, 0.1) is 13.2 Å². The van der Waals surface area contributed by atoms with Gasteiger partial charge in [0.2, 0.25) is 0 Å². The van der Waals surface area contributed by atoms with Crippen LogP contribution in [0.2, 0.25) is 0 Å². The van der Waals surface area contributed by atoms with Crippen LogP contribution in [0.3, 0.4) is 0 Å². The highest BCUT2D eigenvalue weighted by molar-refractivity contribution is 5.39. The van der Waals surface area contributed by atoms with Gasteiger partial charge in [0, 0.05) is 37.9 Å². The first-order valence-electron chi connectivity index (χ1n) is 7.38. The van der Waals surface area contributed by atoms with Crippen LogP contribution in [0.25, 0.3) is 0 Å². The molecular formula is C14H19N3O3. The molecular weight excluding hydrogens is 258 g/mol. The van der Waals surface area contributed by atoms with Gasteiger partial charge in [-0.1, -0.05) is 0 Å². The molecule has 2 aliphatic heterocycles. The molecule has 20 heavy (non-hydrogen) atoms. The lowest BCUT2D eigenvalue weighted by Gasteiger charge is -2.38. The number of H-pyrrole nitrogens is 1. The van der Waals surface area contributed by atoms with Crippen molar-refractivity contribution in [1.29, 1.82) is 0 Å². The Balaban J connectivity index is 1.52. The predicted octanol–water partition coefficient (Wildman–Crippen LogP) is 0.991. The largest absolute Gasteiger partial charge is 0.356 e. The first-order chi connectivity index (χ1) is 9.74. The molecule has 1 saturated carbocycles. The zero-order valence-electron chi connectivity index (χ0n) is 11.4. The van der Waals surface area contributed by atoms with Crippen molar-refractivity contribution in [2.45, 2.75) is 37.4 Å². The number of rotatable bonds is 2. The molecule has 3 fully saturated rings. The third kappa shape index (κ3) is 2.23. The van der Waals surface area contributed by atoms with Gasteiger partial charge in [0.1, 0.15) is 11.6 Å². The van der Waals surface area contributed by atoms with Crippen LogP contribution in [0.4, 0.5) is 5.82 Å². The molecule has 1 aromatic heterocycles. The quantitative estimate of drug-likeness (QED) is 0.873. The van der Waals surface area contributed by atoms with Crippen LogP contribution in [0.15, 0.2) is 10.9 Å². The normalized spacial score (nSPS) is 25.3. The second kappa shape index (κ2) is 4.56. The van der Waals surface area contributed by atoms with E-state index in [1.165, 1.54) is 0 Å². The monoisotopic (exact) mass is 277 g/mol. The van der Waals surface area contributed by atoms with Crippen molar-refractivity contribution in [2.24, 2.45) is 0 Å². The van der Waals surface area contributed by atoms with E-state index in [1.54, 1.807) is 6.07 Å². The van der Waals surface area contributed by atoms with E-state index in [0.717, 1.165) is 50.4 Å². The number of nitrogens with one attached hydrogen (secondary N) is 1. The Morgan fingerprint density at radius 1 is 1.25 bits per heavy atom. The van der Waals surface area contributed by atoms with Gasteiger partial charge in [-0.15, -0.1) is 0 Å². The lowest BCUT2D eigenvalue weighted by molar-refractivity contribution is -0.169. The molecule has 1 aliphatic carbocycles. The van der Waals surface area contributed by atoms with Crippen LogP contribution in [-0.2, 0) is 9.47 Å². The number of nitrogens with zero attached hydrogens (tertiary/aromatic N) is 2. The maximum atomic E-state index is 11.8. The maximum absolute atomic E-state index is 11.8. The van der Waals surface area contributed by atoms with E-state index in [-0.39, 0.29) is 11.3 Å². The molecule has 1 spiro atoms. The van der Waals surface area contributed by atoms with E-state index >= 15 is 0 Å². The Kier molecular flexibility index (Phi) is 2.82. The molecule has 2 saturated heterocycles. The summed E-state index contributed by atoms with van der Waals surface area (Å²) in [7, 11) is 0. The summed E-state index contributed by atoms with van der Waals surface area (Å²) in [5.74, 6) is 1.72. The molecule has 0 aromatic carbocycles. The van der Waals surface area contributed by atoms with Crippen LogP contribution in [0, 0.1) is 0 Å². The first-order valence-corrected chi connectivity index (χ1v) is 7.38. The average molecular weight is 277 g/mol. The average Bonchev–Trinajstić information content (AvgIpc) is 3.22. The first kappa shape index (κ1) is 12.3. The van der Waals surface area contributed by atoms with Crippen molar-refractivity contribution >= 4 is 5.82 Å². The minimum atomic E-state index is -0.378. The molecule has 4 rings (SSSR count). The molecule has 0 radical (unpaired) electrons. The van der Waals surface area contributed by atoms with Crippen LogP contribution in [0.5, 0.6) is 0 Å². The summed E-state index contributed by atoms with van der Waals surface area (Å²) < 4.78 is 11.4. The van der Waals surface area contributed by atoms with Crippen molar-refractivity contribution in [1.82, 2.24) is 9.97 Å². The third-order valence-electron chi connectivity index (χ3n) is 4.37. The summed E-state index contributed by atoms with van der Waals surface area (Å²) in [5.41, 5.74) is -0.0504. The van der Waals surface area contributed by atoms with Gasteiger partial charge in [0.15, 0.2) is 5.79 Å². The smallest absolute Gasteiger partial charge is 0.252 e. The fourth-order valence-electron chi connectivity index (χ4n) is 3.04. The fraction of sp³-hybridized carbons (Fsp3) is 0.714. The zero-order valence-corrected chi connectivity index (χ0v) is 11.4. The lowest BCUT2D eigenvalue weighted by atomic mass is 10.0. The second-order valence-corrected chi connectivity index (χ2v) is 5.86. The van der Waals surface area contributed by atoms with Crippen molar-refractivity contribution in [2.75, 3.05) is 31.2 Å². The Hall–Kier alpha value is -1.40. The number of ether oxygens (including phenoxy) is 2. The molecule has 0 atom stereocenters. The second-order valence-electron chi connectivity index (χ2n) is 5.86. The van der Waals surface area contributed by atoms with E-state index in [1.807, 2.05) is 0 Å². The molecule has 108 valence electrons. The SMILES string of the molecule is O=c1cc(N2CCC3(CC2)OCCO3)nc(C2CC2)[nH]1. The third-order valence-corrected chi connectivity index (χ3v) is 4.37. The number of piperidine rings is 1. The Morgan fingerprint density at radius 3 is 2.60 bits per heavy atom. The molecule has 3 heterocycles. The summed E-state index contributed by atoms with van der Waals surface area (Å²) in [6.07, 6.45) is 3.94. The van der Waals surface area contributed by atoms with Crippen LogP contribution in [-0.4, -0.2) is 42.1 Å². The van der Waals surface area contributed by atoms with E-state index in [0.29, 0.717) is 19.1 Å². The number of aromatic nitrogens is 2. The molecule has 1 N–H and O–H groups in total. The maximum Gasteiger partial charge on any atom is 0.252 e. The molecule has 3 aliphatic rings. The van der Waals surface area contributed by atoms with Gasteiger partial charge in [-0.3, -0.25) is 4.79 Å². The minimum absolute atomic E-state index is 0.0504. The Bertz CT molecular complexity index is 551. The number of hydrogen-bond donors (Lipinski definition) is 1. The summed E-state index contributed by atoms with van der Waals surface area (Å²) in [5, 5.41) is 0. The molecule has 0 unspecified atom stereocenters. The summed E-state index contributed by atoms with van der Waals surface area (Å²) in [4.78, 5) is 21.4. The van der Waals surface area contributed by atoms with Gasteiger partial charge >= 0.3 is 0 Å². The molecule has 0 amide bonds. The van der Waals surface area contributed by atoms with Gasteiger partial charge in [0.25, 0.3) is 5.56 Å². The highest BCUT2D eigenvalue weighted by Crippen LogP contribution is 2.38. The summed E-state index contributed by atoms with van der Waals surface area (Å²) >= 11 is 0. The highest BCUT2D eigenvalue weighted by atomic mass is 16.7. The van der Waals surface area contributed by atoms with Gasteiger partial charge in [-0.2, -0.15) is 0 Å². The Labute approximate surface area is 117 Å². The van der Waals surface area contributed by atoms with Crippen molar-refractivity contribution in [3.63, 3.8) is 0 Å². The molecule has 0 bridgehead atoms. The van der Waals surface area contributed by atoms with Gasteiger partial charge in [-0.25, -0.2) is 4.98 Å². The van der Waals surface area contributed by atoms with E-state index in [9.17, 15) is 4.79 Å². The molecule has 1 aromatic rings. The van der Waals surface area contributed by atoms with Crippen LogP contribution >= 0.6 is 0 Å². The van der Waals surface area contributed by atoms with E-state index < -0.39 is 0 Å². The number of anilines is 1. The Morgan fingerprint density at radius 2 is 1.95 bits per heavy atom. The van der Waals surface area contributed by atoms with Crippen molar-refractivity contribution in [3.05, 3.63) is 22.2 Å². The van der Waals surface area contributed by atoms with Crippen molar-refractivity contribution < 1.29 is 9.47 Å². The van der Waals surface area contributed by atoms with E-state index in [4.69, 9.17) is 9.47 Å². The highest BCUT2D eigenvalue weighted by Gasteiger charge is 2.40. The standard InChI is InChI=1S/C14H19N3O3/c18-12-9-11(15-13(16-12)10-1-2-10)17-5-3-14(4-6-17)19-7-8-20-14/h9-10H,1-8H2,(H,15,16,18). The summed E-state index contributed by atoms with van der Waals surface area (Å²) in [6.45, 7) is 3.02. The van der Waals surface area contributed by atoms with E-state index in [2.05, 4.69) is 14.9 Å². The number of hydrogen-bond acceptors (Lipinski definition) is 5. The zero-order chi connectivity index (χ0) is 13.6. The summed E-state index contributed by atoms with van der Waals surface area (Å²) in [6, 6.07) is 1.60. The predicted molar refractivity (Wildman–Crippen MR) is 72.9 cm³/mol. The topological polar surface area (TPSA) is 67.5 Å². The lowest BCUT2D eigenvalue weighted by Crippen LogP contribution is -2.45. The molecule has 6 nitrogen and oxygen atoms in total. The fourth-order valence-corrected chi connectivity index (χ4v) is 3.04. The van der Waals surface area contributed by atoms with Gasteiger partial charge in [-0.05, 0) is 12.8 Å². The minimum Gasteiger partial charge on any atom is -0.356 e. The molecule has 6 heteroatoms. The van der Waals surface area contributed by atoms with Crippen molar-refractivity contribution in [3.8, 4) is 0 Å².